The highest BCUT2D eigenvalue weighted by Gasteiger charge is 2.21. The van der Waals surface area contributed by atoms with Crippen molar-refractivity contribution in [2.24, 2.45) is 4.99 Å². The summed E-state index contributed by atoms with van der Waals surface area (Å²) in [5.41, 5.74) is 5.69. The number of Topliss-reactive ketones (excluding diaryl/α,β-unsaturated/α-hetero) is 1. The summed E-state index contributed by atoms with van der Waals surface area (Å²) < 4.78 is 2.12. The number of hydrogen-bond acceptors (Lipinski definition) is 3. The van der Waals surface area contributed by atoms with Crippen molar-refractivity contribution in [3.05, 3.63) is 82.9 Å². The van der Waals surface area contributed by atoms with Crippen LogP contribution in [-0.2, 0) is 6.54 Å². The fraction of sp³-hybridized carbons (Fsp3) is 0.150. The molecule has 1 aliphatic rings. The Balaban J connectivity index is 2.01. The molecule has 2 aromatic carbocycles. The van der Waals surface area contributed by atoms with Crippen LogP contribution in [0.2, 0.25) is 0 Å². The number of fused-ring (bicyclic) bond motifs is 3. The number of aliphatic imine (C=N–C) groups is 1. The molecule has 1 aliphatic heterocycles. The number of carbonyl (C=O) groups is 1. The number of benzene rings is 2. The maximum Gasteiger partial charge on any atom is 0.159 e. The Hall–Kier alpha value is -3.01. The standard InChI is InChI=1S/C20H17N3O/c1-13-11-21-19-12-22-20(15-6-4-3-5-7-15)17-10-16(14(2)24)8-9-18(17)23(13)19/h3-11H,12H2,1-2H3. The first kappa shape index (κ1) is 14.6. The van der Waals surface area contributed by atoms with Crippen LogP contribution in [0.5, 0.6) is 0 Å². The molecule has 4 rings (SSSR count). The van der Waals surface area contributed by atoms with Crippen molar-refractivity contribution in [3.8, 4) is 5.69 Å². The predicted octanol–water partition coefficient (Wildman–Crippen LogP) is 3.73. The number of hydrogen-bond donors (Lipinski definition) is 0. The summed E-state index contributed by atoms with van der Waals surface area (Å²) in [6.45, 7) is 4.14. The fourth-order valence-electron chi connectivity index (χ4n) is 3.14. The topological polar surface area (TPSA) is 47.2 Å². The largest absolute Gasteiger partial charge is 0.299 e. The molecule has 0 aliphatic carbocycles. The van der Waals surface area contributed by atoms with Gasteiger partial charge in [-0.25, -0.2) is 4.98 Å². The van der Waals surface area contributed by atoms with Crippen molar-refractivity contribution in [1.82, 2.24) is 9.55 Å². The Bertz CT molecular complexity index is 968. The summed E-state index contributed by atoms with van der Waals surface area (Å²) in [5, 5.41) is 0. The van der Waals surface area contributed by atoms with Crippen molar-refractivity contribution < 1.29 is 4.79 Å². The van der Waals surface area contributed by atoms with Crippen molar-refractivity contribution in [1.29, 1.82) is 0 Å². The van der Waals surface area contributed by atoms with E-state index in [1.165, 1.54) is 0 Å². The van der Waals surface area contributed by atoms with E-state index in [2.05, 4.69) is 9.55 Å². The Kier molecular flexibility index (Phi) is 3.38. The van der Waals surface area contributed by atoms with E-state index in [0.717, 1.165) is 34.0 Å². The molecule has 4 nitrogen and oxygen atoms in total. The third kappa shape index (κ3) is 2.27. The molecule has 0 spiro atoms. The highest BCUT2D eigenvalue weighted by Crippen LogP contribution is 2.27. The zero-order valence-electron chi connectivity index (χ0n) is 13.7. The van der Waals surface area contributed by atoms with E-state index in [-0.39, 0.29) is 5.78 Å². The van der Waals surface area contributed by atoms with Gasteiger partial charge in [0.1, 0.15) is 5.82 Å². The molecule has 0 unspecified atom stereocenters. The van der Waals surface area contributed by atoms with E-state index < -0.39 is 0 Å². The van der Waals surface area contributed by atoms with Gasteiger partial charge >= 0.3 is 0 Å². The maximum atomic E-state index is 11.9. The van der Waals surface area contributed by atoms with Crippen LogP contribution in [0.4, 0.5) is 0 Å². The van der Waals surface area contributed by atoms with Crippen LogP contribution in [0, 0.1) is 6.92 Å². The van der Waals surface area contributed by atoms with Crippen LogP contribution in [0.3, 0.4) is 0 Å². The lowest BCUT2D eigenvalue weighted by Crippen LogP contribution is -2.09. The molecule has 0 saturated heterocycles. The minimum Gasteiger partial charge on any atom is -0.299 e. The van der Waals surface area contributed by atoms with Crippen molar-refractivity contribution in [2.45, 2.75) is 20.4 Å². The second-order valence-electron chi connectivity index (χ2n) is 5.97. The first-order chi connectivity index (χ1) is 11.6. The molecule has 0 saturated carbocycles. The van der Waals surface area contributed by atoms with Crippen LogP contribution in [-0.4, -0.2) is 21.0 Å². The van der Waals surface area contributed by atoms with Gasteiger partial charge in [0.25, 0.3) is 0 Å². The van der Waals surface area contributed by atoms with E-state index in [1.54, 1.807) is 6.92 Å². The van der Waals surface area contributed by atoms with Gasteiger partial charge in [0.15, 0.2) is 5.78 Å². The number of imidazole rings is 1. The van der Waals surface area contributed by atoms with Gasteiger partial charge in [-0.15, -0.1) is 0 Å². The van der Waals surface area contributed by atoms with Gasteiger partial charge in [0, 0.05) is 28.6 Å². The molecule has 1 aromatic heterocycles. The SMILES string of the molecule is CC(=O)c1ccc2c(c1)C(c1ccccc1)=NCc1ncc(C)n1-2. The quantitative estimate of drug-likeness (QED) is 0.676. The molecule has 4 heteroatoms. The van der Waals surface area contributed by atoms with Gasteiger partial charge in [-0.3, -0.25) is 14.4 Å². The number of aromatic nitrogens is 2. The average molecular weight is 315 g/mol. The lowest BCUT2D eigenvalue weighted by molar-refractivity contribution is 0.101. The number of rotatable bonds is 2. The van der Waals surface area contributed by atoms with Crippen LogP contribution < -0.4 is 0 Å². The van der Waals surface area contributed by atoms with Gasteiger partial charge < -0.3 is 0 Å². The second-order valence-corrected chi connectivity index (χ2v) is 5.97. The number of ketones is 1. The molecule has 0 atom stereocenters. The van der Waals surface area contributed by atoms with Gasteiger partial charge in [0.2, 0.25) is 0 Å². The molecule has 0 fully saturated rings. The molecule has 0 radical (unpaired) electrons. The predicted molar refractivity (Wildman–Crippen MR) is 94.1 cm³/mol. The van der Waals surface area contributed by atoms with Gasteiger partial charge in [-0.1, -0.05) is 30.3 Å². The summed E-state index contributed by atoms with van der Waals surface area (Å²) in [4.78, 5) is 21.2. The summed E-state index contributed by atoms with van der Waals surface area (Å²) in [6, 6.07) is 15.9. The molecule has 118 valence electrons. The summed E-state index contributed by atoms with van der Waals surface area (Å²) in [7, 11) is 0. The summed E-state index contributed by atoms with van der Waals surface area (Å²) in [6.07, 6.45) is 1.86. The Morgan fingerprint density at radius 1 is 1.12 bits per heavy atom. The second kappa shape index (κ2) is 5.57. The first-order valence-electron chi connectivity index (χ1n) is 7.94. The van der Waals surface area contributed by atoms with Crippen LogP contribution in [0.1, 0.15) is 39.9 Å². The van der Waals surface area contributed by atoms with Crippen molar-refractivity contribution >= 4 is 11.5 Å². The molecule has 0 N–H and O–H groups in total. The van der Waals surface area contributed by atoms with Crippen molar-refractivity contribution in [2.75, 3.05) is 0 Å². The van der Waals surface area contributed by atoms with Crippen LogP contribution >= 0.6 is 0 Å². The highest BCUT2D eigenvalue weighted by atomic mass is 16.1. The summed E-state index contributed by atoms with van der Waals surface area (Å²) >= 11 is 0. The smallest absolute Gasteiger partial charge is 0.159 e. The first-order valence-corrected chi connectivity index (χ1v) is 7.94. The van der Waals surface area contributed by atoms with E-state index >= 15 is 0 Å². The van der Waals surface area contributed by atoms with Crippen LogP contribution in [0.25, 0.3) is 5.69 Å². The molecule has 0 amide bonds. The molecule has 24 heavy (non-hydrogen) atoms. The monoisotopic (exact) mass is 315 g/mol. The molecular formula is C20H17N3O. The van der Waals surface area contributed by atoms with E-state index in [9.17, 15) is 4.79 Å². The maximum absolute atomic E-state index is 11.9. The Morgan fingerprint density at radius 2 is 1.92 bits per heavy atom. The van der Waals surface area contributed by atoms with Gasteiger partial charge in [-0.2, -0.15) is 0 Å². The molecule has 3 aromatic rings. The van der Waals surface area contributed by atoms with Crippen molar-refractivity contribution in [3.63, 3.8) is 0 Å². The minimum atomic E-state index is 0.0528. The average Bonchev–Trinajstić information content (AvgIpc) is 2.87. The molecule has 2 heterocycles. The lowest BCUT2D eigenvalue weighted by atomic mass is 9.97. The normalized spacial score (nSPS) is 12.8. The van der Waals surface area contributed by atoms with Gasteiger partial charge in [-0.05, 0) is 32.0 Å². The third-order valence-corrected chi connectivity index (χ3v) is 4.34. The number of nitrogens with zero attached hydrogens (tertiary/aromatic N) is 3. The number of aryl methyl sites for hydroxylation is 1. The van der Waals surface area contributed by atoms with Crippen LogP contribution in [0.15, 0.2) is 59.7 Å². The fourth-order valence-corrected chi connectivity index (χ4v) is 3.14. The zero-order chi connectivity index (χ0) is 16.7. The Morgan fingerprint density at radius 3 is 2.67 bits per heavy atom. The van der Waals surface area contributed by atoms with E-state index in [0.29, 0.717) is 12.1 Å². The van der Waals surface area contributed by atoms with E-state index in [4.69, 9.17) is 4.99 Å². The Labute approximate surface area is 140 Å². The molecule has 0 bridgehead atoms. The zero-order valence-corrected chi connectivity index (χ0v) is 13.7. The summed E-state index contributed by atoms with van der Waals surface area (Å²) in [5.74, 6) is 0.965. The third-order valence-electron chi connectivity index (χ3n) is 4.34. The van der Waals surface area contributed by atoms with Gasteiger partial charge in [0.05, 0.1) is 17.9 Å². The minimum absolute atomic E-state index is 0.0528. The van der Waals surface area contributed by atoms with E-state index in [1.807, 2.05) is 61.7 Å². The highest BCUT2D eigenvalue weighted by molar-refractivity contribution is 6.16. The molecular weight excluding hydrogens is 298 g/mol. The number of carbonyl (C=O) groups excluding carboxylic acids is 1. The lowest BCUT2D eigenvalue weighted by Gasteiger charge is -2.14.